The monoisotopic (exact) mass is 338 g/mol. The highest BCUT2D eigenvalue weighted by Crippen LogP contribution is 2.30. The number of ether oxygens (including phenoxy) is 2. The van der Waals surface area contributed by atoms with E-state index in [0.717, 1.165) is 0 Å². The van der Waals surface area contributed by atoms with Crippen LogP contribution in [0.15, 0.2) is 26.0 Å². The largest absolute Gasteiger partial charge is 0.394 e. The number of aromatic nitrogens is 2. The number of rotatable bonds is 6. The van der Waals surface area contributed by atoms with E-state index in [4.69, 9.17) is 20.5 Å². The third-order valence-corrected chi connectivity index (χ3v) is 3.41. The molecule has 0 spiro atoms. The normalized spacial score (nSPS) is 24.0. The number of aryl methyl sites for hydroxylation is 1. The third-order valence-electron chi connectivity index (χ3n) is 3.41. The van der Waals surface area contributed by atoms with Gasteiger partial charge in [0.1, 0.15) is 12.3 Å². The van der Waals surface area contributed by atoms with Crippen molar-refractivity contribution < 1.29 is 14.6 Å². The van der Waals surface area contributed by atoms with Gasteiger partial charge in [-0.25, -0.2) is 4.79 Å². The second kappa shape index (κ2) is 7.64. The van der Waals surface area contributed by atoms with Gasteiger partial charge in [-0.3, -0.25) is 14.3 Å². The summed E-state index contributed by atoms with van der Waals surface area (Å²) in [5, 5.41) is 15.7. The maximum absolute atomic E-state index is 11.9. The van der Waals surface area contributed by atoms with E-state index in [2.05, 4.69) is 25.0 Å². The summed E-state index contributed by atoms with van der Waals surface area (Å²) in [5.41, 5.74) is 16.0. The van der Waals surface area contributed by atoms with Crippen molar-refractivity contribution in [3.8, 4) is 0 Å². The Hall–Kier alpha value is -2.82. The Bertz CT molecular complexity index is 787. The molecule has 0 aliphatic carbocycles. The fourth-order valence-corrected chi connectivity index (χ4v) is 2.30. The van der Waals surface area contributed by atoms with E-state index in [1.54, 1.807) is 0 Å². The first-order valence-electron chi connectivity index (χ1n) is 6.82. The summed E-state index contributed by atoms with van der Waals surface area (Å²) in [7, 11) is 0. The standard InChI is InChI=1S/C11H14N8O5/c1-5-3-19(11(22)14-9(5)21)8-2-6(7(4-20)23-8)24-10(15-17-12)16-18-13/h3,6-8,10,20H,2,4H2,1H3,(H,14,21,22)/t6-,7-,8-/m1/s1. The van der Waals surface area contributed by atoms with E-state index >= 15 is 0 Å². The molecule has 0 saturated carbocycles. The first-order valence-corrected chi connectivity index (χ1v) is 6.82. The van der Waals surface area contributed by atoms with Crippen molar-refractivity contribution in [3.05, 3.63) is 53.5 Å². The van der Waals surface area contributed by atoms with Gasteiger partial charge in [-0.1, -0.05) is 10.2 Å². The van der Waals surface area contributed by atoms with E-state index in [0.29, 0.717) is 5.56 Å². The molecule has 128 valence electrons. The molecule has 1 fully saturated rings. The van der Waals surface area contributed by atoms with Crippen molar-refractivity contribution in [2.75, 3.05) is 6.61 Å². The highest BCUT2D eigenvalue weighted by Gasteiger charge is 2.38. The molecule has 0 aromatic carbocycles. The number of aliphatic hydroxyl groups excluding tert-OH is 1. The molecule has 1 aliphatic rings. The van der Waals surface area contributed by atoms with E-state index in [1.807, 2.05) is 0 Å². The number of azide groups is 1. The Morgan fingerprint density at radius 3 is 2.75 bits per heavy atom. The van der Waals surface area contributed by atoms with Crippen molar-refractivity contribution in [2.24, 2.45) is 10.2 Å². The quantitative estimate of drug-likeness (QED) is 0.430. The molecule has 24 heavy (non-hydrogen) atoms. The van der Waals surface area contributed by atoms with Crippen LogP contribution in [0.2, 0.25) is 0 Å². The average Bonchev–Trinajstić information content (AvgIpc) is 2.94. The van der Waals surface area contributed by atoms with Crippen molar-refractivity contribution in [2.45, 2.75) is 38.1 Å². The van der Waals surface area contributed by atoms with Crippen LogP contribution in [0, 0.1) is 6.92 Å². The molecule has 0 unspecified atom stereocenters. The number of nitrogens with zero attached hydrogens (tertiary/aromatic N) is 7. The van der Waals surface area contributed by atoms with Crippen LogP contribution in [0.4, 0.5) is 0 Å². The number of nitrogens with one attached hydrogen (secondary N) is 1. The minimum Gasteiger partial charge on any atom is -0.394 e. The van der Waals surface area contributed by atoms with Crippen LogP contribution in [-0.2, 0) is 9.47 Å². The molecule has 2 heterocycles. The number of hydrogen-bond acceptors (Lipinski definition) is 7. The molecule has 0 bridgehead atoms. The van der Waals surface area contributed by atoms with Crippen LogP contribution in [-0.4, -0.2) is 39.8 Å². The molecule has 0 radical (unpaired) electrons. The Morgan fingerprint density at radius 2 is 2.17 bits per heavy atom. The number of aliphatic hydroxyl groups is 1. The molecule has 3 atom stereocenters. The Balaban J connectivity index is 2.24. The maximum atomic E-state index is 11.9. The molecule has 13 nitrogen and oxygen atoms in total. The number of hydrogen-bond donors (Lipinski definition) is 2. The molecule has 1 aliphatic heterocycles. The molecule has 2 rings (SSSR count). The van der Waals surface area contributed by atoms with Gasteiger partial charge in [0.2, 0.25) is 6.35 Å². The van der Waals surface area contributed by atoms with Gasteiger partial charge in [-0.15, -0.1) is 0 Å². The molecular formula is C11H14N8O5. The van der Waals surface area contributed by atoms with Crippen LogP contribution in [0.3, 0.4) is 0 Å². The molecule has 1 saturated heterocycles. The SMILES string of the molecule is Cc1cn([C@H]2C[C@@H](OC(N=[N+]=[N-])N=[N+]=[N-])[C@@H](CO)O2)c(=O)[nH]c1=O. The first kappa shape index (κ1) is 17.5. The zero-order valence-corrected chi connectivity index (χ0v) is 12.5. The Morgan fingerprint density at radius 1 is 1.50 bits per heavy atom. The topological polar surface area (TPSA) is 191 Å². The van der Waals surface area contributed by atoms with Gasteiger partial charge in [0.15, 0.2) is 0 Å². The van der Waals surface area contributed by atoms with E-state index < -0.39 is 42.6 Å². The first-order chi connectivity index (χ1) is 11.5. The lowest BCUT2D eigenvalue weighted by molar-refractivity contribution is -0.0791. The zero-order chi connectivity index (χ0) is 17.7. The van der Waals surface area contributed by atoms with Crippen LogP contribution in [0.5, 0.6) is 0 Å². The van der Waals surface area contributed by atoms with Gasteiger partial charge >= 0.3 is 5.69 Å². The van der Waals surface area contributed by atoms with Crippen molar-refractivity contribution in [1.82, 2.24) is 9.55 Å². The van der Waals surface area contributed by atoms with E-state index in [-0.39, 0.29) is 6.42 Å². The summed E-state index contributed by atoms with van der Waals surface area (Å²) >= 11 is 0. The second-order valence-electron chi connectivity index (χ2n) is 4.94. The number of aromatic amines is 1. The lowest BCUT2D eigenvalue weighted by Gasteiger charge is -2.18. The summed E-state index contributed by atoms with van der Waals surface area (Å²) in [6.07, 6.45) is -2.45. The Labute approximate surface area is 133 Å². The lowest BCUT2D eigenvalue weighted by Crippen LogP contribution is -2.33. The molecule has 2 N–H and O–H groups in total. The van der Waals surface area contributed by atoms with Crippen LogP contribution in [0.25, 0.3) is 20.9 Å². The highest BCUT2D eigenvalue weighted by molar-refractivity contribution is 5.02. The zero-order valence-electron chi connectivity index (χ0n) is 12.5. The molecular weight excluding hydrogens is 324 g/mol. The molecule has 0 amide bonds. The van der Waals surface area contributed by atoms with Gasteiger partial charge in [0.05, 0.1) is 12.7 Å². The van der Waals surface area contributed by atoms with Gasteiger partial charge in [0, 0.05) is 28.0 Å². The highest BCUT2D eigenvalue weighted by atomic mass is 16.6. The molecule has 1 aromatic rings. The lowest BCUT2D eigenvalue weighted by atomic mass is 10.2. The smallest absolute Gasteiger partial charge is 0.330 e. The van der Waals surface area contributed by atoms with E-state index in [9.17, 15) is 14.7 Å². The summed E-state index contributed by atoms with van der Waals surface area (Å²) in [4.78, 5) is 30.5. The summed E-state index contributed by atoms with van der Waals surface area (Å²) < 4.78 is 12.0. The third kappa shape index (κ3) is 3.74. The summed E-state index contributed by atoms with van der Waals surface area (Å²) in [5.74, 6) is 0. The summed E-state index contributed by atoms with van der Waals surface area (Å²) in [6.45, 7) is 1.10. The van der Waals surface area contributed by atoms with Crippen LogP contribution >= 0.6 is 0 Å². The van der Waals surface area contributed by atoms with E-state index in [1.165, 1.54) is 17.7 Å². The van der Waals surface area contributed by atoms with Gasteiger partial charge in [0.25, 0.3) is 5.56 Å². The minimum absolute atomic E-state index is 0.106. The predicted molar refractivity (Wildman–Crippen MR) is 78.6 cm³/mol. The van der Waals surface area contributed by atoms with Crippen LogP contribution < -0.4 is 11.2 Å². The predicted octanol–water partition coefficient (Wildman–Crippen LogP) is 0.414. The minimum atomic E-state index is -1.45. The van der Waals surface area contributed by atoms with Gasteiger partial charge in [-0.2, -0.15) is 0 Å². The maximum Gasteiger partial charge on any atom is 0.330 e. The fourth-order valence-electron chi connectivity index (χ4n) is 2.30. The second-order valence-corrected chi connectivity index (χ2v) is 4.94. The molecule has 13 heteroatoms. The fraction of sp³-hybridized carbons (Fsp3) is 0.636. The van der Waals surface area contributed by atoms with Crippen LogP contribution in [0.1, 0.15) is 18.2 Å². The number of H-pyrrole nitrogens is 1. The van der Waals surface area contributed by atoms with Gasteiger partial charge < -0.3 is 14.6 Å². The van der Waals surface area contributed by atoms with Crippen molar-refractivity contribution in [3.63, 3.8) is 0 Å². The van der Waals surface area contributed by atoms with Crippen molar-refractivity contribution >= 4 is 0 Å². The average molecular weight is 338 g/mol. The van der Waals surface area contributed by atoms with Gasteiger partial charge in [-0.05, 0) is 18.0 Å². The Kier molecular flexibility index (Phi) is 5.58. The molecule has 1 aromatic heterocycles. The summed E-state index contributed by atoms with van der Waals surface area (Å²) in [6, 6.07) is 0. The van der Waals surface area contributed by atoms with Crippen molar-refractivity contribution in [1.29, 1.82) is 0 Å².